The molecular weight excluding hydrogens is 231 g/mol. The molecule has 0 amide bonds. The van der Waals surface area contributed by atoms with Crippen molar-refractivity contribution in [2.24, 2.45) is 5.73 Å². The van der Waals surface area contributed by atoms with Crippen LogP contribution in [0.4, 0.5) is 13.2 Å². The van der Waals surface area contributed by atoms with Crippen molar-refractivity contribution in [1.82, 2.24) is 0 Å². The van der Waals surface area contributed by atoms with Crippen molar-refractivity contribution in [3.05, 3.63) is 29.3 Å². The minimum Gasteiger partial charge on any atom is -0.406 e. The van der Waals surface area contributed by atoms with E-state index in [-0.39, 0.29) is 11.8 Å². The SMILES string of the molecule is Cc1cc(CC[C@@H](C)N)cc(OC(F)(F)F)c1. The Hall–Kier alpha value is -1.23. The molecule has 0 spiro atoms. The van der Waals surface area contributed by atoms with Gasteiger partial charge in [0.25, 0.3) is 0 Å². The molecule has 1 atom stereocenters. The maximum absolute atomic E-state index is 12.1. The third-order valence-corrected chi connectivity index (χ3v) is 2.23. The van der Waals surface area contributed by atoms with Crippen LogP contribution >= 0.6 is 0 Å². The highest BCUT2D eigenvalue weighted by Gasteiger charge is 2.31. The molecule has 0 aliphatic heterocycles. The second kappa shape index (κ2) is 5.40. The van der Waals surface area contributed by atoms with Gasteiger partial charge < -0.3 is 10.5 Å². The molecule has 0 aromatic heterocycles. The fourth-order valence-electron chi connectivity index (χ4n) is 1.56. The fourth-order valence-corrected chi connectivity index (χ4v) is 1.56. The molecule has 0 aliphatic carbocycles. The van der Waals surface area contributed by atoms with Crippen LogP contribution in [-0.2, 0) is 6.42 Å². The van der Waals surface area contributed by atoms with Crippen LogP contribution in [0.2, 0.25) is 0 Å². The first-order chi connectivity index (χ1) is 7.76. The van der Waals surface area contributed by atoms with Crippen LogP contribution in [0.5, 0.6) is 5.75 Å². The highest BCUT2D eigenvalue weighted by Crippen LogP contribution is 2.25. The van der Waals surface area contributed by atoms with Gasteiger partial charge in [-0.05, 0) is 49.9 Å². The molecule has 2 nitrogen and oxygen atoms in total. The first kappa shape index (κ1) is 13.8. The lowest BCUT2D eigenvalue weighted by Crippen LogP contribution is -2.17. The standard InChI is InChI=1S/C12H16F3NO/c1-8-5-10(4-3-9(2)16)7-11(6-8)17-12(13,14)15/h5-7,9H,3-4,16H2,1-2H3/t9-/m1/s1. The first-order valence-corrected chi connectivity index (χ1v) is 5.38. The number of halogens is 3. The monoisotopic (exact) mass is 247 g/mol. The number of hydrogen-bond acceptors (Lipinski definition) is 2. The molecule has 5 heteroatoms. The molecule has 1 aromatic rings. The van der Waals surface area contributed by atoms with Crippen molar-refractivity contribution in [2.75, 3.05) is 0 Å². The summed E-state index contributed by atoms with van der Waals surface area (Å²) in [5, 5.41) is 0. The molecule has 0 bridgehead atoms. The molecule has 0 saturated carbocycles. The quantitative estimate of drug-likeness (QED) is 0.886. The molecule has 0 aliphatic rings. The lowest BCUT2D eigenvalue weighted by Gasteiger charge is -2.12. The van der Waals surface area contributed by atoms with Crippen molar-refractivity contribution in [3.8, 4) is 5.75 Å². The highest BCUT2D eigenvalue weighted by molar-refractivity contribution is 5.34. The van der Waals surface area contributed by atoms with Crippen molar-refractivity contribution in [2.45, 2.75) is 39.1 Å². The summed E-state index contributed by atoms with van der Waals surface area (Å²) < 4.78 is 40.1. The van der Waals surface area contributed by atoms with Crippen molar-refractivity contribution < 1.29 is 17.9 Å². The highest BCUT2D eigenvalue weighted by atomic mass is 19.4. The van der Waals surface area contributed by atoms with E-state index in [0.29, 0.717) is 6.42 Å². The average Bonchev–Trinajstić information content (AvgIpc) is 2.10. The van der Waals surface area contributed by atoms with E-state index in [9.17, 15) is 13.2 Å². The molecule has 2 N–H and O–H groups in total. The van der Waals surface area contributed by atoms with Gasteiger partial charge in [-0.25, -0.2) is 0 Å². The van der Waals surface area contributed by atoms with Gasteiger partial charge in [0.1, 0.15) is 5.75 Å². The van der Waals surface area contributed by atoms with E-state index in [0.717, 1.165) is 17.5 Å². The topological polar surface area (TPSA) is 35.2 Å². The number of hydrogen-bond donors (Lipinski definition) is 1. The Balaban J connectivity index is 2.79. The van der Waals surface area contributed by atoms with E-state index in [4.69, 9.17) is 5.73 Å². The van der Waals surface area contributed by atoms with Gasteiger partial charge in [-0.2, -0.15) is 0 Å². The molecule has 1 aromatic carbocycles. The zero-order valence-corrected chi connectivity index (χ0v) is 9.84. The minimum absolute atomic E-state index is 0.0301. The molecule has 96 valence electrons. The average molecular weight is 247 g/mol. The number of nitrogens with two attached hydrogens (primary N) is 1. The largest absolute Gasteiger partial charge is 0.573 e. The Bertz CT molecular complexity index is 375. The lowest BCUT2D eigenvalue weighted by molar-refractivity contribution is -0.274. The third-order valence-electron chi connectivity index (χ3n) is 2.23. The Morgan fingerprint density at radius 1 is 1.29 bits per heavy atom. The Morgan fingerprint density at radius 2 is 1.94 bits per heavy atom. The van der Waals surface area contributed by atoms with Gasteiger partial charge in [0.15, 0.2) is 0 Å². The number of aryl methyl sites for hydroxylation is 2. The van der Waals surface area contributed by atoms with Gasteiger partial charge in [-0.3, -0.25) is 0 Å². The van der Waals surface area contributed by atoms with E-state index in [1.165, 1.54) is 12.1 Å². The van der Waals surface area contributed by atoms with Crippen molar-refractivity contribution >= 4 is 0 Å². The molecule has 0 fully saturated rings. The molecule has 0 unspecified atom stereocenters. The van der Waals surface area contributed by atoms with Crippen molar-refractivity contribution in [3.63, 3.8) is 0 Å². The van der Waals surface area contributed by atoms with Crippen LogP contribution in [0.1, 0.15) is 24.5 Å². The van der Waals surface area contributed by atoms with E-state index >= 15 is 0 Å². The van der Waals surface area contributed by atoms with Crippen LogP contribution in [0.15, 0.2) is 18.2 Å². The molecule has 0 radical (unpaired) electrons. The van der Waals surface area contributed by atoms with Gasteiger partial charge in [0.05, 0.1) is 0 Å². The number of rotatable bonds is 4. The summed E-state index contributed by atoms with van der Waals surface area (Å²) in [6, 6.07) is 4.64. The summed E-state index contributed by atoms with van der Waals surface area (Å²) in [6.07, 6.45) is -3.27. The van der Waals surface area contributed by atoms with Gasteiger partial charge in [0, 0.05) is 6.04 Å². The molecular formula is C12H16F3NO. The van der Waals surface area contributed by atoms with Crippen LogP contribution in [0.25, 0.3) is 0 Å². The summed E-state index contributed by atoms with van der Waals surface area (Å²) in [4.78, 5) is 0. The molecule has 0 heterocycles. The van der Waals surface area contributed by atoms with E-state index in [1.807, 2.05) is 13.0 Å². The zero-order chi connectivity index (χ0) is 13.1. The second-order valence-electron chi connectivity index (χ2n) is 4.22. The van der Waals surface area contributed by atoms with Gasteiger partial charge >= 0.3 is 6.36 Å². The number of alkyl halides is 3. The van der Waals surface area contributed by atoms with Gasteiger partial charge in [-0.1, -0.05) is 6.07 Å². The van der Waals surface area contributed by atoms with Crippen LogP contribution in [0, 0.1) is 6.92 Å². The maximum atomic E-state index is 12.1. The summed E-state index contributed by atoms with van der Waals surface area (Å²) in [7, 11) is 0. The van der Waals surface area contributed by atoms with Gasteiger partial charge in [0.2, 0.25) is 0 Å². The Morgan fingerprint density at radius 3 is 2.47 bits per heavy atom. The summed E-state index contributed by atoms with van der Waals surface area (Å²) in [6.45, 7) is 3.60. The maximum Gasteiger partial charge on any atom is 0.573 e. The van der Waals surface area contributed by atoms with Crippen LogP contribution < -0.4 is 10.5 Å². The Labute approximate surface area is 98.6 Å². The summed E-state index contributed by atoms with van der Waals surface area (Å²) in [5.41, 5.74) is 7.16. The van der Waals surface area contributed by atoms with E-state index < -0.39 is 6.36 Å². The second-order valence-corrected chi connectivity index (χ2v) is 4.22. The number of ether oxygens (including phenoxy) is 1. The summed E-state index contributed by atoms with van der Waals surface area (Å²) in [5.74, 6) is -0.169. The Kier molecular flexibility index (Phi) is 4.40. The van der Waals surface area contributed by atoms with Crippen molar-refractivity contribution in [1.29, 1.82) is 0 Å². The fraction of sp³-hybridized carbons (Fsp3) is 0.500. The normalized spacial score (nSPS) is 13.5. The molecule has 1 rings (SSSR count). The van der Waals surface area contributed by atoms with E-state index in [2.05, 4.69) is 4.74 Å². The lowest BCUT2D eigenvalue weighted by atomic mass is 10.0. The molecule has 17 heavy (non-hydrogen) atoms. The number of benzene rings is 1. The summed E-state index contributed by atoms with van der Waals surface area (Å²) >= 11 is 0. The van der Waals surface area contributed by atoms with E-state index in [1.54, 1.807) is 6.92 Å². The molecule has 0 saturated heterocycles. The van der Waals surface area contributed by atoms with Crippen LogP contribution in [0.3, 0.4) is 0 Å². The first-order valence-electron chi connectivity index (χ1n) is 5.38. The van der Waals surface area contributed by atoms with Crippen LogP contribution in [-0.4, -0.2) is 12.4 Å². The predicted octanol–water partition coefficient (Wildman–Crippen LogP) is 3.17. The smallest absolute Gasteiger partial charge is 0.406 e. The zero-order valence-electron chi connectivity index (χ0n) is 9.84. The minimum atomic E-state index is -4.65. The predicted molar refractivity (Wildman–Crippen MR) is 59.8 cm³/mol. The third kappa shape index (κ3) is 5.58. The van der Waals surface area contributed by atoms with Gasteiger partial charge in [-0.15, -0.1) is 13.2 Å².